The molecule has 1 aromatic rings. The van der Waals surface area contributed by atoms with E-state index in [1.54, 1.807) is 24.3 Å². The van der Waals surface area contributed by atoms with Gasteiger partial charge in [-0.05, 0) is 44.5 Å². The second-order valence-corrected chi connectivity index (χ2v) is 6.52. The Labute approximate surface area is 155 Å². The lowest BCUT2D eigenvalue weighted by molar-refractivity contribution is -0.881. The Morgan fingerprint density at radius 3 is 2.00 bits per heavy atom. The van der Waals surface area contributed by atoms with Gasteiger partial charge in [0.05, 0.1) is 6.54 Å². The zero-order valence-corrected chi connectivity index (χ0v) is 16.1. The van der Waals surface area contributed by atoms with Gasteiger partial charge >= 0.3 is 0 Å². The summed E-state index contributed by atoms with van der Waals surface area (Å²) in [7, 11) is 0. The Morgan fingerprint density at radius 1 is 0.962 bits per heavy atom. The fourth-order valence-electron chi connectivity index (χ4n) is 2.64. The summed E-state index contributed by atoms with van der Waals surface area (Å²) in [4.78, 5) is 36.2. The van der Waals surface area contributed by atoms with Crippen molar-refractivity contribution in [1.82, 2.24) is 5.32 Å². The van der Waals surface area contributed by atoms with Crippen molar-refractivity contribution in [3.05, 3.63) is 24.3 Å². The largest absolute Gasteiger partial charge is 0.349 e. The van der Waals surface area contributed by atoms with Crippen LogP contribution in [0.25, 0.3) is 0 Å². The highest BCUT2D eigenvalue weighted by atomic mass is 16.2. The van der Waals surface area contributed by atoms with Gasteiger partial charge in [0, 0.05) is 24.3 Å². The highest BCUT2D eigenvalue weighted by molar-refractivity contribution is 5.92. The summed E-state index contributed by atoms with van der Waals surface area (Å²) in [6.07, 6.45) is 1.97. The number of benzene rings is 1. The van der Waals surface area contributed by atoms with E-state index < -0.39 is 0 Å². The first kappa shape index (κ1) is 21.6. The Kier molecular flexibility index (Phi) is 9.36. The molecule has 2 atom stereocenters. The number of rotatable bonds is 10. The highest BCUT2D eigenvalue weighted by Crippen LogP contribution is 2.13. The van der Waals surface area contributed by atoms with E-state index in [-0.39, 0.29) is 36.9 Å². The minimum absolute atomic E-state index is 0.0322. The van der Waals surface area contributed by atoms with Crippen LogP contribution in [0.3, 0.4) is 0 Å². The molecule has 1 aromatic carbocycles. The highest BCUT2D eigenvalue weighted by Gasteiger charge is 2.17. The van der Waals surface area contributed by atoms with Crippen LogP contribution in [0.1, 0.15) is 40.5 Å². The molecule has 0 aliphatic heterocycles. The smallest absolute Gasteiger partial charge is 0.279 e. The number of carbonyl (C=O) groups is 3. The number of likely N-dealkylation sites (N-methyl/N-ethyl adjacent to an activating group) is 1. The van der Waals surface area contributed by atoms with Crippen molar-refractivity contribution in [3.8, 4) is 0 Å². The summed E-state index contributed by atoms with van der Waals surface area (Å²) in [5.41, 5.74) is 1.33. The van der Waals surface area contributed by atoms with E-state index in [4.69, 9.17) is 0 Å². The maximum absolute atomic E-state index is 12.2. The molecule has 0 radical (unpaired) electrons. The zero-order valence-electron chi connectivity index (χ0n) is 16.1. The van der Waals surface area contributed by atoms with E-state index in [1.165, 1.54) is 6.92 Å². The van der Waals surface area contributed by atoms with Crippen molar-refractivity contribution in [2.24, 2.45) is 0 Å². The molecular formula is C19H31N4O3+. The molecule has 26 heavy (non-hydrogen) atoms. The van der Waals surface area contributed by atoms with Crippen LogP contribution >= 0.6 is 0 Å². The molecule has 0 spiro atoms. The van der Waals surface area contributed by atoms with Gasteiger partial charge in [-0.3, -0.25) is 14.4 Å². The number of quaternary nitrogens is 1. The van der Waals surface area contributed by atoms with Gasteiger partial charge in [-0.2, -0.15) is 0 Å². The molecule has 0 bridgehead atoms. The molecule has 0 saturated carbocycles. The van der Waals surface area contributed by atoms with Gasteiger partial charge in [0.25, 0.3) is 11.8 Å². The second-order valence-electron chi connectivity index (χ2n) is 6.52. The van der Waals surface area contributed by atoms with Gasteiger partial charge in [0.1, 0.15) is 0 Å². The molecule has 7 heteroatoms. The Bertz CT molecular complexity index is 601. The first-order valence-corrected chi connectivity index (χ1v) is 9.14. The molecule has 0 aromatic heterocycles. The first-order valence-electron chi connectivity index (χ1n) is 9.14. The van der Waals surface area contributed by atoms with Crippen LogP contribution in [0.4, 0.5) is 11.4 Å². The quantitative estimate of drug-likeness (QED) is 0.495. The standard InChI is InChI=1S/C19H30N4O3/c1-5-7-14(3)20-18(25)12-23(6-2)13-19(26)22-17-10-8-16(9-11-17)21-15(4)24/h8-11,14H,5-7,12-13H2,1-4H3,(H,20,25)(H,21,24)(H,22,26)/p+1/t14-/m0/s1. The third-order valence-corrected chi connectivity index (χ3v) is 3.94. The lowest BCUT2D eigenvalue weighted by Gasteiger charge is -2.19. The van der Waals surface area contributed by atoms with Crippen molar-refractivity contribution in [2.75, 3.05) is 30.3 Å². The maximum Gasteiger partial charge on any atom is 0.279 e. The van der Waals surface area contributed by atoms with Crippen LogP contribution in [-0.2, 0) is 14.4 Å². The summed E-state index contributed by atoms with van der Waals surface area (Å²) in [6.45, 7) is 8.65. The van der Waals surface area contributed by atoms with Crippen LogP contribution in [-0.4, -0.2) is 43.4 Å². The molecule has 4 N–H and O–H groups in total. The number of amides is 3. The van der Waals surface area contributed by atoms with Gasteiger partial charge in [-0.1, -0.05) is 13.3 Å². The molecule has 0 heterocycles. The van der Waals surface area contributed by atoms with E-state index >= 15 is 0 Å². The first-order chi connectivity index (χ1) is 12.3. The van der Waals surface area contributed by atoms with E-state index in [2.05, 4.69) is 22.9 Å². The van der Waals surface area contributed by atoms with Crippen LogP contribution in [0.2, 0.25) is 0 Å². The normalized spacial score (nSPS) is 12.8. The predicted molar refractivity (Wildman–Crippen MR) is 103 cm³/mol. The third-order valence-electron chi connectivity index (χ3n) is 3.94. The van der Waals surface area contributed by atoms with E-state index in [1.807, 2.05) is 13.8 Å². The minimum Gasteiger partial charge on any atom is -0.349 e. The van der Waals surface area contributed by atoms with E-state index in [0.717, 1.165) is 17.7 Å². The number of nitrogens with one attached hydrogen (secondary N) is 4. The summed E-state index contributed by atoms with van der Waals surface area (Å²) >= 11 is 0. The SMILES string of the molecule is CCC[C@H](C)NC(=O)C[NH+](CC)CC(=O)Nc1ccc(NC(C)=O)cc1. The summed E-state index contributed by atoms with van der Waals surface area (Å²) in [5, 5.41) is 8.45. The lowest BCUT2D eigenvalue weighted by atomic mass is 10.2. The maximum atomic E-state index is 12.2. The minimum atomic E-state index is -0.150. The molecule has 1 rings (SSSR count). The van der Waals surface area contributed by atoms with Gasteiger partial charge in [-0.15, -0.1) is 0 Å². The van der Waals surface area contributed by atoms with Crippen molar-refractivity contribution in [2.45, 2.75) is 46.6 Å². The van der Waals surface area contributed by atoms with Gasteiger partial charge in [0.15, 0.2) is 13.1 Å². The van der Waals surface area contributed by atoms with Gasteiger partial charge in [-0.25, -0.2) is 0 Å². The summed E-state index contributed by atoms with van der Waals surface area (Å²) in [5.74, 6) is -0.325. The molecule has 7 nitrogen and oxygen atoms in total. The zero-order chi connectivity index (χ0) is 19.5. The monoisotopic (exact) mass is 363 g/mol. The van der Waals surface area contributed by atoms with Gasteiger partial charge < -0.3 is 20.9 Å². The fourth-order valence-corrected chi connectivity index (χ4v) is 2.64. The number of anilines is 2. The predicted octanol–water partition coefficient (Wildman–Crippen LogP) is 0.793. The number of hydrogen-bond donors (Lipinski definition) is 4. The molecule has 0 fully saturated rings. The third kappa shape index (κ3) is 8.62. The molecule has 0 aliphatic carbocycles. The number of carbonyl (C=O) groups excluding carboxylic acids is 3. The van der Waals surface area contributed by atoms with Gasteiger partial charge in [0.2, 0.25) is 5.91 Å². The Balaban J connectivity index is 2.48. The topological polar surface area (TPSA) is 91.7 Å². The molecule has 1 unspecified atom stereocenters. The average Bonchev–Trinajstić information content (AvgIpc) is 2.55. The number of hydrogen-bond acceptors (Lipinski definition) is 3. The van der Waals surface area contributed by atoms with Crippen LogP contribution in [0.15, 0.2) is 24.3 Å². The average molecular weight is 363 g/mol. The van der Waals surface area contributed by atoms with Crippen LogP contribution < -0.4 is 20.9 Å². The lowest BCUT2D eigenvalue weighted by Crippen LogP contribution is -3.14. The van der Waals surface area contributed by atoms with E-state index in [9.17, 15) is 14.4 Å². The van der Waals surface area contributed by atoms with Crippen LogP contribution in [0.5, 0.6) is 0 Å². The Morgan fingerprint density at radius 2 is 1.50 bits per heavy atom. The van der Waals surface area contributed by atoms with E-state index in [0.29, 0.717) is 17.9 Å². The summed E-state index contributed by atoms with van der Waals surface area (Å²) in [6, 6.07) is 7.07. The second kappa shape index (κ2) is 11.3. The molecule has 0 saturated heterocycles. The molecular weight excluding hydrogens is 332 g/mol. The van der Waals surface area contributed by atoms with Crippen molar-refractivity contribution in [1.29, 1.82) is 0 Å². The Hall–Kier alpha value is -2.41. The molecule has 144 valence electrons. The molecule has 0 aliphatic rings. The van der Waals surface area contributed by atoms with Crippen LogP contribution in [0, 0.1) is 0 Å². The van der Waals surface area contributed by atoms with Crippen molar-refractivity contribution in [3.63, 3.8) is 0 Å². The molecule has 3 amide bonds. The van der Waals surface area contributed by atoms with Crippen molar-refractivity contribution < 1.29 is 19.3 Å². The van der Waals surface area contributed by atoms with Crippen molar-refractivity contribution >= 4 is 29.1 Å². The fraction of sp³-hybridized carbons (Fsp3) is 0.526. The summed E-state index contributed by atoms with van der Waals surface area (Å²) < 4.78 is 0.